The van der Waals surface area contributed by atoms with E-state index in [1.54, 1.807) is 6.07 Å². The SMILES string of the molecule is CCCC(NC(=O)c1cccc(CN(C)Cc2ccccc2)c1)C(=O)O. The van der Waals surface area contributed by atoms with Crippen LogP contribution < -0.4 is 5.32 Å². The molecule has 2 rings (SSSR count). The van der Waals surface area contributed by atoms with Crippen LogP contribution in [-0.2, 0) is 17.9 Å². The van der Waals surface area contributed by atoms with Gasteiger partial charge in [0.1, 0.15) is 6.04 Å². The van der Waals surface area contributed by atoms with Crippen molar-refractivity contribution >= 4 is 11.9 Å². The van der Waals surface area contributed by atoms with Crippen LogP contribution in [0.5, 0.6) is 0 Å². The number of carbonyl (C=O) groups is 2. The second-order valence-electron chi connectivity index (χ2n) is 6.51. The summed E-state index contributed by atoms with van der Waals surface area (Å²) in [5.74, 6) is -1.35. The number of nitrogens with zero attached hydrogens (tertiary/aromatic N) is 1. The smallest absolute Gasteiger partial charge is 0.326 e. The number of amides is 1. The van der Waals surface area contributed by atoms with Gasteiger partial charge < -0.3 is 10.4 Å². The number of benzene rings is 2. The number of carbonyl (C=O) groups excluding carboxylic acids is 1. The van der Waals surface area contributed by atoms with Crippen molar-refractivity contribution in [3.8, 4) is 0 Å². The molecule has 1 unspecified atom stereocenters. The molecular formula is C21H26N2O3. The first-order valence-electron chi connectivity index (χ1n) is 8.84. The van der Waals surface area contributed by atoms with E-state index in [4.69, 9.17) is 0 Å². The Bertz CT molecular complexity index is 731. The van der Waals surface area contributed by atoms with E-state index in [9.17, 15) is 14.7 Å². The highest BCUT2D eigenvalue weighted by Gasteiger charge is 2.19. The van der Waals surface area contributed by atoms with E-state index in [2.05, 4.69) is 22.3 Å². The number of carboxylic acids is 1. The van der Waals surface area contributed by atoms with Crippen molar-refractivity contribution in [2.75, 3.05) is 7.05 Å². The minimum Gasteiger partial charge on any atom is -0.480 e. The van der Waals surface area contributed by atoms with Crippen molar-refractivity contribution in [3.05, 3.63) is 71.3 Å². The summed E-state index contributed by atoms with van der Waals surface area (Å²) in [6.07, 6.45) is 1.11. The highest BCUT2D eigenvalue weighted by atomic mass is 16.4. The van der Waals surface area contributed by atoms with Gasteiger partial charge in [0.25, 0.3) is 5.91 Å². The monoisotopic (exact) mass is 354 g/mol. The molecule has 5 nitrogen and oxygen atoms in total. The van der Waals surface area contributed by atoms with Gasteiger partial charge >= 0.3 is 5.97 Å². The van der Waals surface area contributed by atoms with E-state index >= 15 is 0 Å². The lowest BCUT2D eigenvalue weighted by Gasteiger charge is -2.18. The van der Waals surface area contributed by atoms with Crippen LogP contribution in [0.25, 0.3) is 0 Å². The summed E-state index contributed by atoms with van der Waals surface area (Å²) in [6, 6.07) is 16.7. The highest BCUT2D eigenvalue weighted by molar-refractivity contribution is 5.96. The average molecular weight is 354 g/mol. The van der Waals surface area contributed by atoms with Crippen LogP contribution in [0.1, 0.15) is 41.3 Å². The largest absolute Gasteiger partial charge is 0.480 e. The molecule has 0 aliphatic heterocycles. The Morgan fingerprint density at radius 3 is 2.35 bits per heavy atom. The summed E-state index contributed by atoms with van der Waals surface area (Å²) in [7, 11) is 2.03. The highest BCUT2D eigenvalue weighted by Crippen LogP contribution is 2.11. The number of aliphatic carboxylic acids is 1. The van der Waals surface area contributed by atoms with Crippen molar-refractivity contribution in [3.63, 3.8) is 0 Å². The van der Waals surface area contributed by atoms with Gasteiger partial charge in [0.05, 0.1) is 0 Å². The van der Waals surface area contributed by atoms with Crippen LogP contribution in [-0.4, -0.2) is 35.0 Å². The molecule has 5 heteroatoms. The second kappa shape index (κ2) is 9.73. The summed E-state index contributed by atoms with van der Waals surface area (Å²) in [5, 5.41) is 11.8. The van der Waals surface area contributed by atoms with Crippen molar-refractivity contribution in [2.24, 2.45) is 0 Å². The summed E-state index contributed by atoms with van der Waals surface area (Å²) in [4.78, 5) is 25.8. The number of carboxylic acid groups (broad SMARTS) is 1. The molecule has 0 saturated carbocycles. The molecule has 2 N–H and O–H groups in total. The predicted molar refractivity (Wildman–Crippen MR) is 102 cm³/mol. The van der Waals surface area contributed by atoms with Crippen molar-refractivity contribution in [1.29, 1.82) is 0 Å². The van der Waals surface area contributed by atoms with E-state index in [0.29, 0.717) is 24.9 Å². The standard InChI is InChI=1S/C21H26N2O3/c1-3-8-19(21(25)26)22-20(24)18-12-7-11-17(13-18)15-23(2)14-16-9-5-4-6-10-16/h4-7,9-13,19H,3,8,14-15H2,1-2H3,(H,22,24)(H,25,26). The number of rotatable bonds is 9. The zero-order valence-corrected chi connectivity index (χ0v) is 15.3. The molecule has 0 spiro atoms. The topological polar surface area (TPSA) is 69.6 Å². The van der Waals surface area contributed by atoms with Gasteiger partial charge in [0, 0.05) is 18.7 Å². The molecule has 0 saturated heterocycles. The minimum absolute atomic E-state index is 0.349. The normalized spacial score (nSPS) is 12.0. The summed E-state index contributed by atoms with van der Waals surface area (Å²) in [5.41, 5.74) is 2.73. The van der Waals surface area contributed by atoms with Crippen molar-refractivity contribution in [2.45, 2.75) is 38.9 Å². The Morgan fingerprint density at radius 1 is 1.04 bits per heavy atom. The van der Waals surface area contributed by atoms with Gasteiger partial charge in [-0.25, -0.2) is 4.79 Å². The fourth-order valence-corrected chi connectivity index (χ4v) is 2.86. The van der Waals surface area contributed by atoms with E-state index in [0.717, 1.165) is 12.1 Å². The summed E-state index contributed by atoms with van der Waals surface area (Å²) in [6.45, 7) is 3.41. The van der Waals surface area contributed by atoms with E-state index < -0.39 is 12.0 Å². The van der Waals surface area contributed by atoms with Crippen molar-refractivity contribution in [1.82, 2.24) is 10.2 Å². The third-order valence-electron chi connectivity index (χ3n) is 4.12. The van der Waals surface area contributed by atoms with Gasteiger partial charge in [-0.2, -0.15) is 0 Å². The van der Waals surface area contributed by atoms with E-state index in [1.165, 1.54) is 5.56 Å². The van der Waals surface area contributed by atoms with Gasteiger partial charge in [0.2, 0.25) is 0 Å². The van der Waals surface area contributed by atoms with Crippen LogP contribution in [0.4, 0.5) is 0 Å². The molecule has 0 radical (unpaired) electrons. The first kappa shape index (κ1) is 19.7. The maximum atomic E-state index is 12.4. The molecule has 0 bridgehead atoms. The number of hydrogen-bond donors (Lipinski definition) is 2. The fraction of sp³-hybridized carbons (Fsp3) is 0.333. The van der Waals surface area contributed by atoms with Gasteiger partial charge in [-0.05, 0) is 36.7 Å². The fourth-order valence-electron chi connectivity index (χ4n) is 2.86. The quantitative estimate of drug-likeness (QED) is 0.725. The van der Waals surface area contributed by atoms with Crippen molar-refractivity contribution < 1.29 is 14.7 Å². The lowest BCUT2D eigenvalue weighted by Crippen LogP contribution is -2.40. The molecule has 138 valence electrons. The second-order valence-corrected chi connectivity index (χ2v) is 6.51. The first-order chi connectivity index (χ1) is 12.5. The molecule has 2 aromatic carbocycles. The number of nitrogens with one attached hydrogen (secondary N) is 1. The lowest BCUT2D eigenvalue weighted by atomic mass is 10.1. The van der Waals surface area contributed by atoms with Crippen LogP contribution in [0.2, 0.25) is 0 Å². The van der Waals surface area contributed by atoms with Gasteiger partial charge in [0.15, 0.2) is 0 Å². The summed E-state index contributed by atoms with van der Waals surface area (Å²) < 4.78 is 0. The van der Waals surface area contributed by atoms with Crippen LogP contribution in [0, 0.1) is 0 Å². The minimum atomic E-state index is -1.00. The average Bonchev–Trinajstić information content (AvgIpc) is 2.62. The molecule has 2 aromatic rings. The lowest BCUT2D eigenvalue weighted by molar-refractivity contribution is -0.139. The zero-order chi connectivity index (χ0) is 18.9. The van der Waals surface area contributed by atoms with Crippen LogP contribution in [0.3, 0.4) is 0 Å². The van der Waals surface area contributed by atoms with Gasteiger partial charge in [-0.3, -0.25) is 9.69 Å². The molecule has 0 aliphatic carbocycles. The zero-order valence-electron chi connectivity index (χ0n) is 15.3. The molecule has 0 aromatic heterocycles. The molecule has 0 heterocycles. The number of hydrogen-bond acceptors (Lipinski definition) is 3. The molecule has 1 atom stereocenters. The van der Waals surface area contributed by atoms with Gasteiger partial charge in [-0.1, -0.05) is 55.8 Å². The Balaban J connectivity index is 2.00. The van der Waals surface area contributed by atoms with Crippen LogP contribution in [0.15, 0.2) is 54.6 Å². The Hall–Kier alpha value is -2.66. The Morgan fingerprint density at radius 2 is 1.69 bits per heavy atom. The molecular weight excluding hydrogens is 328 g/mol. The van der Waals surface area contributed by atoms with Crippen LogP contribution >= 0.6 is 0 Å². The third kappa shape index (κ3) is 6.01. The van der Waals surface area contributed by atoms with Gasteiger partial charge in [-0.15, -0.1) is 0 Å². The Labute approximate surface area is 154 Å². The van der Waals surface area contributed by atoms with E-state index in [-0.39, 0.29) is 5.91 Å². The Kier molecular flexibility index (Phi) is 7.36. The molecule has 0 fully saturated rings. The summed E-state index contributed by atoms with van der Waals surface area (Å²) >= 11 is 0. The third-order valence-corrected chi connectivity index (χ3v) is 4.12. The molecule has 1 amide bonds. The maximum absolute atomic E-state index is 12.4. The molecule has 26 heavy (non-hydrogen) atoms. The first-order valence-corrected chi connectivity index (χ1v) is 8.84. The van der Waals surface area contributed by atoms with E-state index in [1.807, 2.05) is 50.4 Å². The predicted octanol–water partition coefficient (Wildman–Crippen LogP) is 3.30. The maximum Gasteiger partial charge on any atom is 0.326 e. The molecule has 0 aliphatic rings.